The number of nitrogens with two attached hydrogens (primary N) is 2. The van der Waals surface area contributed by atoms with Crippen LogP contribution >= 0.6 is 0 Å². The van der Waals surface area contributed by atoms with Crippen LogP contribution in [0.5, 0.6) is 5.88 Å². The molecule has 0 radical (unpaired) electrons. The number of pyridine rings is 1. The van der Waals surface area contributed by atoms with Crippen molar-refractivity contribution in [3.8, 4) is 5.88 Å². The molecule has 0 bridgehead atoms. The quantitative estimate of drug-likeness (QED) is 0.558. The lowest BCUT2D eigenvalue weighted by Crippen LogP contribution is -2.20. The van der Waals surface area contributed by atoms with E-state index in [1.54, 1.807) is 12.1 Å². The molecule has 106 valence electrons. The molecule has 0 aliphatic rings. The number of carbonyl (C=O) groups is 1. The van der Waals surface area contributed by atoms with Crippen LogP contribution in [0.2, 0.25) is 0 Å². The van der Waals surface area contributed by atoms with E-state index in [-0.39, 0.29) is 6.61 Å². The highest BCUT2D eigenvalue weighted by molar-refractivity contribution is 5.74. The molecule has 0 atom stereocenters. The normalized spacial score (nSPS) is 10.2. The average molecular weight is 268 g/mol. The lowest BCUT2D eigenvalue weighted by Gasteiger charge is -2.10. The van der Waals surface area contributed by atoms with Crippen LogP contribution in [0.3, 0.4) is 0 Å². The first-order valence-electron chi connectivity index (χ1n) is 6.12. The van der Waals surface area contributed by atoms with Gasteiger partial charge < -0.3 is 26.3 Å². The molecule has 5 N–H and O–H groups in total. The van der Waals surface area contributed by atoms with Gasteiger partial charge in [-0.05, 0) is 18.6 Å². The summed E-state index contributed by atoms with van der Waals surface area (Å²) < 4.78 is 10.4. The summed E-state index contributed by atoms with van der Waals surface area (Å²) in [7, 11) is 0. The third-order valence-corrected chi connectivity index (χ3v) is 2.13. The van der Waals surface area contributed by atoms with Gasteiger partial charge >= 0.3 is 0 Å². The van der Waals surface area contributed by atoms with Crippen molar-refractivity contribution in [1.29, 1.82) is 0 Å². The molecular formula is C12H20N4O3. The zero-order valence-corrected chi connectivity index (χ0v) is 11.0. The van der Waals surface area contributed by atoms with Crippen molar-refractivity contribution < 1.29 is 14.3 Å². The fraction of sp³-hybridized carbons (Fsp3) is 0.500. The fourth-order valence-corrected chi connectivity index (χ4v) is 1.29. The van der Waals surface area contributed by atoms with E-state index in [2.05, 4.69) is 10.3 Å². The molecule has 0 spiro atoms. The minimum atomic E-state index is -0.485. The second kappa shape index (κ2) is 8.15. The van der Waals surface area contributed by atoms with Gasteiger partial charge in [-0.2, -0.15) is 4.98 Å². The van der Waals surface area contributed by atoms with E-state index >= 15 is 0 Å². The number of nitrogen functional groups attached to an aromatic ring is 1. The summed E-state index contributed by atoms with van der Waals surface area (Å²) in [6, 6.07) is 3.48. The predicted octanol–water partition coefficient (Wildman–Crippen LogP) is 0.366. The Balaban J connectivity index is 2.39. The fourth-order valence-electron chi connectivity index (χ4n) is 1.29. The molecule has 1 rings (SSSR count). The summed E-state index contributed by atoms with van der Waals surface area (Å²) in [6.45, 7) is 3.37. The number of rotatable bonds is 9. The Kier molecular flexibility index (Phi) is 6.45. The van der Waals surface area contributed by atoms with Crippen LogP contribution in [0.4, 0.5) is 11.5 Å². The number of nitrogens with zero attached hydrogens (tertiary/aromatic N) is 1. The Labute approximate surface area is 112 Å². The minimum absolute atomic E-state index is 0.0816. The van der Waals surface area contributed by atoms with Gasteiger partial charge in [0.1, 0.15) is 12.4 Å². The van der Waals surface area contributed by atoms with Crippen molar-refractivity contribution in [3.05, 3.63) is 12.1 Å². The van der Waals surface area contributed by atoms with Gasteiger partial charge in [-0.1, -0.05) is 6.92 Å². The van der Waals surface area contributed by atoms with E-state index in [0.29, 0.717) is 37.1 Å². The monoisotopic (exact) mass is 268 g/mol. The molecule has 0 aromatic carbocycles. The van der Waals surface area contributed by atoms with Crippen LogP contribution in [0, 0.1) is 0 Å². The molecule has 1 heterocycles. The van der Waals surface area contributed by atoms with E-state index < -0.39 is 5.91 Å². The molecule has 0 aliphatic carbocycles. The molecule has 1 aromatic heterocycles. The first-order valence-corrected chi connectivity index (χ1v) is 6.12. The van der Waals surface area contributed by atoms with Crippen LogP contribution < -0.4 is 21.5 Å². The van der Waals surface area contributed by atoms with Gasteiger partial charge in [0, 0.05) is 6.54 Å². The largest absolute Gasteiger partial charge is 0.476 e. The Morgan fingerprint density at radius 1 is 1.42 bits per heavy atom. The maximum atomic E-state index is 10.4. The molecule has 1 amide bonds. The second-order valence-electron chi connectivity index (χ2n) is 3.89. The highest BCUT2D eigenvalue weighted by Crippen LogP contribution is 2.20. The average Bonchev–Trinajstić information content (AvgIpc) is 2.38. The molecule has 0 saturated carbocycles. The molecule has 0 unspecified atom stereocenters. The van der Waals surface area contributed by atoms with Crippen LogP contribution in [-0.2, 0) is 9.53 Å². The van der Waals surface area contributed by atoms with Crippen molar-refractivity contribution >= 4 is 17.4 Å². The van der Waals surface area contributed by atoms with Gasteiger partial charge in [0.2, 0.25) is 11.8 Å². The number of hydrogen-bond donors (Lipinski definition) is 3. The molecule has 0 fully saturated rings. The Morgan fingerprint density at radius 3 is 2.89 bits per heavy atom. The molecule has 1 aromatic rings. The predicted molar refractivity (Wildman–Crippen MR) is 72.9 cm³/mol. The number of aromatic nitrogens is 1. The van der Waals surface area contributed by atoms with Gasteiger partial charge in [-0.3, -0.25) is 4.79 Å². The van der Waals surface area contributed by atoms with E-state index in [0.717, 1.165) is 6.42 Å². The highest BCUT2D eigenvalue weighted by Gasteiger charge is 2.03. The summed E-state index contributed by atoms with van der Waals surface area (Å²) in [6.07, 6.45) is 0.889. The topological polar surface area (TPSA) is 112 Å². The molecule has 7 nitrogen and oxygen atoms in total. The number of anilines is 2. The number of hydrogen-bond acceptors (Lipinski definition) is 6. The smallest absolute Gasteiger partial charge is 0.243 e. The van der Waals surface area contributed by atoms with Crippen molar-refractivity contribution in [2.75, 3.05) is 37.4 Å². The first kappa shape index (κ1) is 15.0. The Bertz CT molecular complexity index is 412. The zero-order valence-electron chi connectivity index (χ0n) is 11.0. The SMILES string of the molecule is CCCOc1nc(NCCOCC(N)=O)ccc1N. The number of carbonyl (C=O) groups excluding carboxylic acids is 1. The van der Waals surface area contributed by atoms with Crippen LogP contribution in [-0.4, -0.2) is 37.3 Å². The Morgan fingerprint density at radius 2 is 2.21 bits per heavy atom. The van der Waals surface area contributed by atoms with Gasteiger partial charge in [-0.15, -0.1) is 0 Å². The number of nitrogens with one attached hydrogen (secondary N) is 1. The van der Waals surface area contributed by atoms with Crippen LogP contribution in [0.1, 0.15) is 13.3 Å². The number of primary amides is 1. The standard InChI is InChI=1S/C12H20N4O3/c1-2-6-19-12-9(13)3-4-11(16-12)15-5-7-18-8-10(14)17/h3-4H,2,5-8,13H2,1H3,(H2,14,17)(H,15,16). The van der Waals surface area contributed by atoms with E-state index in [4.69, 9.17) is 20.9 Å². The van der Waals surface area contributed by atoms with Crippen molar-refractivity contribution in [2.45, 2.75) is 13.3 Å². The third-order valence-electron chi connectivity index (χ3n) is 2.13. The number of ether oxygens (including phenoxy) is 2. The zero-order chi connectivity index (χ0) is 14.1. The van der Waals surface area contributed by atoms with Crippen LogP contribution in [0.15, 0.2) is 12.1 Å². The molecule has 7 heteroatoms. The minimum Gasteiger partial charge on any atom is -0.476 e. The van der Waals surface area contributed by atoms with E-state index in [9.17, 15) is 4.79 Å². The third kappa shape index (κ3) is 5.91. The maximum Gasteiger partial charge on any atom is 0.243 e. The van der Waals surface area contributed by atoms with Crippen LogP contribution in [0.25, 0.3) is 0 Å². The summed E-state index contributed by atoms with van der Waals surface area (Å²) in [4.78, 5) is 14.7. The van der Waals surface area contributed by atoms with Crippen molar-refractivity contribution in [1.82, 2.24) is 4.98 Å². The van der Waals surface area contributed by atoms with Gasteiger partial charge in [0.25, 0.3) is 0 Å². The highest BCUT2D eigenvalue weighted by atomic mass is 16.5. The molecule has 0 saturated heterocycles. The van der Waals surface area contributed by atoms with E-state index in [1.807, 2.05) is 6.92 Å². The van der Waals surface area contributed by atoms with Crippen molar-refractivity contribution in [3.63, 3.8) is 0 Å². The van der Waals surface area contributed by atoms with Gasteiger partial charge in [0.05, 0.1) is 18.9 Å². The lowest BCUT2D eigenvalue weighted by molar-refractivity contribution is -0.122. The second-order valence-corrected chi connectivity index (χ2v) is 3.89. The summed E-state index contributed by atoms with van der Waals surface area (Å²) in [5.74, 6) is 0.578. The maximum absolute atomic E-state index is 10.4. The van der Waals surface area contributed by atoms with Crippen molar-refractivity contribution in [2.24, 2.45) is 5.73 Å². The van der Waals surface area contributed by atoms with E-state index in [1.165, 1.54) is 0 Å². The van der Waals surface area contributed by atoms with Gasteiger partial charge in [-0.25, -0.2) is 0 Å². The molecule has 19 heavy (non-hydrogen) atoms. The Hall–Kier alpha value is -2.02. The number of amides is 1. The summed E-state index contributed by atoms with van der Waals surface area (Å²) >= 11 is 0. The molecule has 0 aliphatic heterocycles. The molecular weight excluding hydrogens is 248 g/mol. The van der Waals surface area contributed by atoms with Gasteiger partial charge in [0.15, 0.2) is 0 Å². The summed E-state index contributed by atoms with van der Waals surface area (Å²) in [5, 5.41) is 3.04. The first-order chi connectivity index (χ1) is 9.13. The lowest BCUT2D eigenvalue weighted by atomic mass is 10.4. The summed E-state index contributed by atoms with van der Waals surface area (Å²) in [5.41, 5.74) is 11.2.